The molecule has 0 aliphatic carbocycles. The van der Waals surface area contributed by atoms with Gasteiger partial charge in [0.05, 0.1) is 33.1 Å². The number of rotatable bonds is 4. The molecule has 2 aliphatic heterocycles. The van der Waals surface area contributed by atoms with E-state index < -0.39 is 11.0 Å². The number of aromatic nitrogens is 3. The summed E-state index contributed by atoms with van der Waals surface area (Å²) in [6.45, 7) is 16.6. The van der Waals surface area contributed by atoms with Gasteiger partial charge in [-0.1, -0.05) is 81.9 Å². The van der Waals surface area contributed by atoms with Gasteiger partial charge >= 0.3 is 0 Å². The van der Waals surface area contributed by atoms with E-state index in [1.54, 1.807) is 0 Å². The number of fused-ring (bicyclic) bond motifs is 16. The van der Waals surface area contributed by atoms with E-state index in [4.69, 9.17) is 4.42 Å². The number of benzene rings is 5. The van der Waals surface area contributed by atoms with Gasteiger partial charge in [0.1, 0.15) is 16.6 Å². The number of furan rings is 1. The molecular weight excluding hydrogens is 683 g/mol. The SMILES string of the molecule is C=CC1(C)[n+]2ccc(C(C)(C)CC)cc2-c2cc3c4cccc5c6c7oc8ccccc8c7ccc6n(c3cc2C1(C)C1c2ccccc2-c2cccc[n+]21)c45. The first-order valence-corrected chi connectivity index (χ1v) is 20.1. The molecule has 0 radical (unpaired) electrons. The van der Waals surface area contributed by atoms with E-state index in [-0.39, 0.29) is 11.5 Å². The number of allylic oxidation sites excluding steroid dienone is 1. The van der Waals surface area contributed by atoms with Crippen LogP contribution in [0.15, 0.2) is 151 Å². The van der Waals surface area contributed by atoms with Crippen LogP contribution in [0, 0.1) is 0 Å². The maximum atomic E-state index is 6.70. The maximum absolute atomic E-state index is 6.70. The van der Waals surface area contributed by atoms with Crippen LogP contribution in [0.3, 0.4) is 0 Å². The molecule has 10 aromatic rings. The number of hydrogen-bond acceptors (Lipinski definition) is 1. The average Bonchev–Trinajstić information content (AvgIpc) is 3.97. The fraction of sp³-hybridized carbons (Fsp3) is 0.192. The number of pyridine rings is 2. The Morgan fingerprint density at radius 2 is 1.52 bits per heavy atom. The summed E-state index contributed by atoms with van der Waals surface area (Å²) < 4.78 is 14.3. The Morgan fingerprint density at radius 1 is 0.732 bits per heavy atom. The third-order valence-electron chi connectivity index (χ3n) is 14.6. The van der Waals surface area contributed by atoms with Crippen LogP contribution in [0.2, 0.25) is 0 Å². The monoisotopic (exact) mass is 725 g/mol. The van der Waals surface area contributed by atoms with Gasteiger partial charge < -0.3 is 8.82 Å². The minimum absolute atomic E-state index is 0.00230. The van der Waals surface area contributed by atoms with Crippen molar-refractivity contribution in [3.05, 3.63) is 163 Å². The fourth-order valence-electron chi connectivity index (χ4n) is 11.0. The van der Waals surface area contributed by atoms with E-state index in [1.807, 2.05) is 0 Å². The standard InChI is InChI=1S/C52H43N3O/c1-7-50(3,4)31-25-27-54-43(28-31)39-29-38-34-19-15-20-37-46-42(24-23-35-33-17-11-12-22-45(33)56-48(35)46)55(47(34)37)44(38)30-40(39)52(6,51(54,5)8-2)49-36-18-10-9-16-32(36)41-21-13-14-26-53(41)49/h8-30,49H,2,7H2,1,3-6H3/q+2. The van der Waals surface area contributed by atoms with Crippen LogP contribution >= 0.6 is 0 Å². The molecule has 2 aliphatic rings. The highest BCUT2D eigenvalue weighted by Gasteiger charge is 2.66. The first-order valence-electron chi connectivity index (χ1n) is 20.1. The summed E-state index contributed by atoms with van der Waals surface area (Å²) in [5.41, 5.74) is 13.7. The largest absolute Gasteiger partial charge is 0.455 e. The Bertz CT molecular complexity index is 3300. The van der Waals surface area contributed by atoms with E-state index >= 15 is 0 Å². The van der Waals surface area contributed by atoms with Crippen molar-refractivity contribution in [3.8, 4) is 22.5 Å². The van der Waals surface area contributed by atoms with Gasteiger partial charge in [0.25, 0.3) is 0 Å². The van der Waals surface area contributed by atoms with Crippen LogP contribution < -0.4 is 9.13 Å². The quantitative estimate of drug-likeness (QED) is 0.131. The minimum Gasteiger partial charge on any atom is -0.455 e. The van der Waals surface area contributed by atoms with E-state index in [1.165, 1.54) is 77.3 Å². The van der Waals surface area contributed by atoms with Crippen molar-refractivity contribution in [2.75, 3.05) is 0 Å². The highest BCUT2D eigenvalue weighted by molar-refractivity contribution is 6.29. The molecule has 0 bridgehead atoms. The Balaban J connectivity index is 1.25. The van der Waals surface area contributed by atoms with Crippen LogP contribution in [0.25, 0.3) is 82.5 Å². The highest BCUT2D eigenvalue weighted by Crippen LogP contribution is 2.57. The first-order chi connectivity index (χ1) is 27.2. The van der Waals surface area contributed by atoms with Gasteiger partial charge in [-0.3, -0.25) is 0 Å². The predicted octanol–water partition coefficient (Wildman–Crippen LogP) is 12.1. The molecule has 12 rings (SSSR count). The molecule has 7 heterocycles. The molecule has 3 unspecified atom stereocenters. The van der Waals surface area contributed by atoms with Gasteiger partial charge in [-0.05, 0) is 78.4 Å². The van der Waals surface area contributed by atoms with Crippen LogP contribution in [0.4, 0.5) is 0 Å². The summed E-state index contributed by atoms with van der Waals surface area (Å²) in [7, 11) is 0. The third-order valence-corrected chi connectivity index (χ3v) is 14.6. The molecule has 0 saturated carbocycles. The average molecular weight is 726 g/mol. The zero-order valence-electron chi connectivity index (χ0n) is 32.5. The lowest BCUT2D eigenvalue weighted by Crippen LogP contribution is -2.71. The minimum atomic E-state index is -0.513. The molecule has 5 aromatic heterocycles. The molecule has 0 spiro atoms. The molecule has 0 saturated heterocycles. The fourth-order valence-corrected chi connectivity index (χ4v) is 11.0. The molecule has 4 nitrogen and oxygen atoms in total. The van der Waals surface area contributed by atoms with E-state index in [9.17, 15) is 0 Å². The van der Waals surface area contributed by atoms with Gasteiger partial charge in [0.2, 0.25) is 17.4 Å². The topological polar surface area (TPSA) is 25.3 Å². The summed E-state index contributed by atoms with van der Waals surface area (Å²) in [6.07, 6.45) is 7.91. The number of hydrogen-bond donors (Lipinski definition) is 0. The second-order valence-electron chi connectivity index (χ2n) is 17.3. The van der Waals surface area contributed by atoms with Crippen LogP contribution in [-0.4, -0.2) is 4.40 Å². The molecule has 0 fully saturated rings. The molecule has 0 amide bonds. The second kappa shape index (κ2) is 10.5. The Kier molecular flexibility index (Phi) is 6.02. The summed E-state index contributed by atoms with van der Waals surface area (Å²) in [5, 5.41) is 7.26. The Morgan fingerprint density at radius 3 is 2.38 bits per heavy atom. The van der Waals surface area contributed by atoms with Crippen LogP contribution in [-0.2, 0) is 16.4 Å². The summed E-state index contributed by atoms with van der Waals surface area (Å²) in [6, 6.07) is 45.3. The van der Waals surface area contributed by atoms with Gasteiger partial charge in [0.15, 0.2) is 17.9 Å². The zero-order chi connectivity index (χ0) is 37.9. The van der Waals surface area contributed by atoms with Crippen LogP contribution in [0.1, 0.15) is 63.8 Å². The second-order valence-corrected chi connectivity index (χ2v) is 17.3. The van der Waals surface area contributed by atoms with E-state index in [2.05, 4.69) is 195 Å². The summed E-state index contributed by atoms with van der Waals surface area (Å²) >= 11 is 0. The lowest BCUT2D eigenvalue weighted by atomic mass is 9.58. The number of para-hydroxylation sites is 2. The van der Waals surface area contributed by atoms with Crippen molar-refractivity contribution in [1.29, 1.82) is 0 Å². The van der Waals surface area contributed by atoms with Gasteiger partial charge in [-0.15, -0.1) is 0 Å². The van der Waals surface area contributed by atoms with Crippen molar-refractivity contribution in [2.45, 2.75) is 63.5 Å². The van der Waals surface area contributed by atoms with Crippen molar-refractivity contribution < 1.29 is 13.6 Å². The van der Waals surface area contributed by atoms with Crippen molar-refractivity contribution in [3.63, 3.8) is 0 Å². The zero-order valence-corrected chi connectivity index (χ0v) is 32.5. The molecular formula is C52H43N3O+2. The third kappa shape index (κ3) is 3.62. The predicted molar refractivity (Wildman–Crippen MR) is 229 cm³/mol. The summed E-state index contributed by atoms with van der Waals surface area (Å²) in [4.78, 5) is 0. The summed E-state index contributed by atoms with van der Waals surface area (Å²) in [5.74, 6) is 0. The maximum Gasteiger partial charge on any atom is 0.213 e. The van der Waals surface area contributed by atoms with Crippen molar-refractivity contribution in [2.24, 2.45) is 0 Å². The molecule has 3 atom stereocenters. The molecule has 0 N–H and O–H groups in total. The molecule has 270 valence electrons. The van der Waals surface area contributed by atoms with Gasteiger partial charge in [0, 0.05) is 63.7 Å². The van der Waals surface area contributed by atoms with Crippen molar-refractivity contribution >= 4 is 60.0 Å². The molecule has 4 heteroatoms. The van der Waals surface area contributed by atoms with Gasteiger partial charge in [-0.2, -0.15) is 9.13 Å². The highest BCUT2D eigenvalue weighted by atomic mass is 16.3. The first kappa shape index (κ1) is 32.0. The van der Waals surface area contributed by atoms with Crippen molar-refractivity contribution in [1.82, 2.24) is 4.40 Å². The van der Waals surface area contributed by atoms with Gasteiger partial charge in [-0.25, -0.2) is 0 Å². The smallest absolute Gasteiger partial charge is 0.213 e. The Hall–Kier alpha value is -6.26. The van der Waals surface area contributed by atoms with E-state index in [0.29, 0.717) is 0 Å². The number of nitrogens with zero attached hydrogens (tertiary/aromatic N) is 3. The molecule has 5 aromatic carbocycles. The lowest BCUT2D eigenvalue weighted by Gasteiger charge is -2.46. The van der Waals surface area contributed by atoms with Crippen LogP contribution in [0.5, 0.6) is 0 Å². The normalized spacial score (nSPS) is 20.3. The Labute approximate surface area is 325 Å². The lowest BCUT2D eigenvalue weighted by molar-refractivity contribution is -0.776. The molecule has 56 heavy (non-hydrogen) atoms. The van der Waals surface area contributed by atoms with E-state index in [0.717, 1.165) is 28.4 Å².